The molecule has 0 aliphatic heterocycles. The molecule has 3 aromatic rings. The van der Waals surface area contributed by atoms with E-state index in [1.807, 2.05) is 44.2 Å². The van der Waals surface area contributed by atoms with Crippen LogP contribution in [0.4, 0.5) is 22.9 Å². The third-order valence-electron chi connectivity index (χ3n) is 4.51. The molecule has 0 bridgehead atoms. The first-order valence-corrected chi connectivity index (χ1v) is 10.1. The van der Waals surface area contributed by atoms with E-state index in [0.29, 0.717) is 6.54 Å². The predicted octanol–water partition coefficient (Wildman–Crippen LogP) is 1.47. The SMILES string of the molecule is CC.CN(C)C(=O)c1nn(C)c(Nc2c(NCc3ccccc3)c(=O)n(C)[nH]c2=O)c1N. The van der Waals surface area contributed by atoms with Gasteiger partial charge in [0.2, 0.25) is 0 Å². The van der Waals surface area contributed by atoms with E-state index in [2.05, 4.69) is 20.8 Å². The van der Waals surface area contributed by atoms with Gasteiger partial charge in [-0.15, -0.1) is 0 Å². The number of H-pyrrole nitrogens is 1. The standard InChI is InChI=1S/C19H24N8O3.C2H6/c1-25(2)18(29)13-12(20)16(26(3)23-13)22-14-15(19(30)27(4)24-17(14)28)21-10-11-8-6-5-7-9-11;1-2/h5-9,21-22H,10,20H2,1-4H3,(H,24,28);1-2H3. The molecule has 2 heterocycles. The second-order valence-electron chi connectivity index (χ2n) is 6.95. The van der Waals surface area contributed by atoms with Crippen LogP contribution in [-0.4, -0.2) is 44.5 Å². The number of nitrogen functional groups attached to an aromatic ring is 1. The Kier molecular flexibility index (Phi) is 7.83. The minimum absolute atomic E-state index is 0.0208. The number of nitrogens with two attached hydrogens (primary N) is 1. The number of aryl methyl sites for hydroxylation is 2. The Morgan fingerprint density at radius 2 is 1.75 bits per heavy atom. The molecule has 11 heteroatoms. The topological polar surface area (TPSA) is 143 Å². The van der Waals surface area contributed by atoms with Gasteiger partial charge in [0, 0.05) is 34.7 Å². The van der Waals surface area contributed by atoms with Crippen LogP contribution < -0.4 is 27.5 Å². The first-order valence-electron chi connectivity index (χ1n) is 10.1. The molecule has 5 N–H and O–H groups in total. The van der Waals surface area contributed by atoms with E-state index < -0.39 is 11.1 Å². The highest BCUT2D eigenvalue weighted by atomic mass is 16.2. The van der Waals surface area contributed by atoms with E-state index in [-0.39, 0.29) is 34.5 Å². The van der Waals surface area contributed by atoms with Crippen LogP contribution >= 0.6 is 0 Å². The lowest BCUT2D eigenvalue weighted by Crippen LogP contribution is -2.32. The molecule has 0 unspecified atom stereocenters. The molecule has 32 heavy (non-hydrogen) atoms. The largest absolute Gasteiger partial charge is 0.394 e. The van der Waals surface area contributed by atoms with Gasteiger partial charge in [-0.25, -0.2) is 4.68 Å². The number of rotatable bonds is 6. The van der Waals surface area contributed by atoms with Crippen LogP contribution in [0.1, 0.15) is 29.9 Å². The van der Waals surface area contributed by atoms with Crippen LogP contribution in [0.2, 0.25) is 0 Å². The van der Waals surface area contributed by atoms with Crippen LogP contribution in [0, 0.1) is 0 Å². The van der Waals surface area contributed by atoms with Crippen LogP contribution in [0.15, 0.2) is 39.9 Å². The maximum atomic E-state index is 12.7. The summed E-state index contributed by atoms with van der Waals surface area (Å²) in [5.74, 6) is -0.154. The number of carbonyl (C=O) groups excluding carboxylic acids is 1. The Balaban J connectivity index is 0.00000176. The van der Waals surface area contributed by atoms with Crippen LogP contribution in [0.3, 0.4) is 0 Å². The summed E-state index contributed by atoms with van der Waals surface area (Å²) >= 11 is 0. The third-order valence-corrected chi connectivity index (χ3v) is 4.51. The van der Waals surface area contributed by atoms with Crippen LogP contribution in [-0.2, 0) is 20.6 Å². The van der Waals surface area contributed by atoms with Gasteiger partial charge in [-0.3, -0.25) is 24.2 Å². The van der Waals surface area contributed by atoms with Crippen molar-refractivity contribution < 1.29 is 4.79 Å². The van der Waals surface area contributed by atoms with Gasteiger partial charge < -0.3 is 21.3 Å². The maximum absolute atomic E-state index is 12.7. The summed E-state index contributed by atoms with van der Waals surface area (Å²) in [4.78, 5) is 39.0. The van der Waals surface area contributed by atoms with E-state index >= 15 is 0 Å². The molecular weight excluding hydrogens is 412 g/mol. The first kappa shape index (κ1) is 24.3. The smallest absolute Gasteiger partial charge is 0.290 e. The molecule has 0 radical (unpaired) electrons. The second-order valence-corrected chi connectivity index (χ2v) is 6.95. The Morgan fingerprint density at radius 1 is 1.12 bits per heavy atom. The third kappa shape index (κ3) is 4.99. The number of anilines is 4. The second kappa shape index (κ2) is 10.3. The van der Waals surface area contributed by atoms with Crippen molar-refractivity contribution in [2.75, 3.05) is 30.5 Å². The summed E-state index contributed by atoms with van der Waals surface area (Å²) in [7, 11) is 6.20. The highest BCUT2D eigenvalue weighted by molar-refractivity contribution is 6.00. The Bertz CT molecular complexity index is 1190. The number of hydrogen-bond acceptors (Lipinski definition) is 7. The lowest BCUT2D eigenvalue weighted by atomic mass is 10.2. The van der Waals surface area contributed by atoms with Crippen molar-refractivity contribution in [1.82, 2.24) is 24.5 Å². The quantitative estimate of drug-likeness (QED) is 0.453. The number of benzene rings is 1. The summed E-state index contributed by atoms with van der Waals surface area (Å²) in [5, 5.41) is 12.5. The van der Waals surface area contributed by atoms with Crippen molar-refractivity contribution in [2.24, 2.45) is 14.1 Å². The molecule has 0 fully saturated rings. The molecule has 0 aliphatic rings. The predicted molar refractivity (Wildman–Crippen MR) is 126 cm³/mol. The van der Waals surface area contributed by atoms with Gasteiger partial charge in [-0.1, -0.05) is 44.2 Å². The van der Waals surface area contributed by atoms with Crippen molar-refractivity contribution in [1.29, 1.82) is 0 Å². The molecule has 2 aromatic heterocycles. The summed E-state index contributed by atoms with van der Waals surface area (Å²) in [6, 6.07) is 9.45. The van der Waals surface area contributed by atoms with Gasteiger partial charge in [0.15, 0.2) is 11.5 Å². The van der Waals surface area contributed by atoms with Gasteiger partial charge in [-0.05, 0) is 5.56 Å². The van der Waals surface area contributed by atoms with E-state index in [1.54, 1.807) is 21.1 Å². The number of nitrogens with zero attached hydrogens (tertiary/aromatic N) is 4. The number of carbonyl (C=O) groups is 1. The Hall–Kier alpha value is -4.02. The molecular formula is C21H30N8O3. The van der Waals surface area contributed by atoms with E-state index in [1.165, 1.54) is 16.6 Å². The number of amides is 1. The van der Waals surface area contributed by atoms with Crippen molar-refractivity contribution in [2.45, 2.75) is 20.4 Å². The number of aromatic amines is 1. The Labute approximate surface area is 185 Å². The monoisotopic (exact) mass is 442 g/mol. The van der Waals surface area contributed by atoms with Crippen molar-refractivity contribution in [3.63, 3.8) is 0 Å². The van der Waals surface area contributed by atoms with Crippen LogP contribution in [0.5, 0.6) is 0 Å². The minimum atomic E-state index is -0.534. The molecule has 172 valence electrons. The minimum Gasteiger partial charge on any atom is -0.394 e. The molecule has 1 aromatic carbocycles. The van der Waals surface area contributed by atoms with E-state index in [0.717, 1.165) is 10.2 Å². The number of nitrogens with one attached hydrogen (secondary N) is 3. The fourth-order valence-corrected chi connectivity index (χ4v) is 2.89. The lowest BCUT2D eigenvalue weighted by molar-refractivity contribution is 0.0822. The highest BCUT2D eigenvalue weighted by Crippen LogP contribution is 2.27. The molecule has 0 saturated carbocycles. The summed E-state index contributed by atoms with van der Waals surface area (Å²) in [6.07, 6.45) is 0. The van der Waals surface area contributed by atoms with E-state index in [4.69, 9.17) is 5.73 Å². The average Bonchev–Trinajstić information content (AvgIpc) is 3.06. The molecule has 11 nitrogen and oxygen atoms in total. The highest BCUT2D eigenvalue weighted by Gasteiger charge is 2.23. The molecule has 0 saturated heterocycles. The first-order chi connectivity index (χ1) is 15.2. The van der Waals surface area contributed by atoms with Crippen molar-refractivity contribution >= 4 is 28.8 Å². The van der Waals surface area contributed by atoms with Gasteiger partial charge in [0.25, 0.3) is 17.0 Å². The fraction of sp³-hybridized carbons (Fsp3) is 0.333. The molecule has 3 rings (SSSR count). The molecule has 0 atom stereocenters. The molecule has 0 spiro atoms. The summed E-state index contributed by atoms with van der Waals surface area (Å²) < 4.78 is 2.44. The van der Waals surface area contributed by atoms with E-state index in [9.17, 15) is 14.4 Å². The maximum Gasteiger partial charge on any atom is 0.290 e. The lowest BCUT2D eigenvalue weighted by Gasteiger charge is -2.14. The molecule has 0 aliphatic carbocycles. The zero-order valence-electron chi connectivity index (χ0n) is 19.2. The summed E-state index contributed by atoms with van der Waals surface area (Å²) in [5.41, 5.74) is 6.26. The Morgan fingerprint density at radius 3 is 2.34 bits per heavy atom. The average molecular weight is 443 g/mol. The zero-order chi connectivity index (χ0) is 24.0. The van der Waals surface area contributed by atoms with Gasteiger partial charge in [0.05, 0.1) is 0 Å². The number of hydrogen-bond donors (Lipinski definition) is 4. The van der Waals surface area contributed by atoms with Crippen molar-refractivity contribution in [3.8, 4) is 0 Å². The van der Waals surface area contributed by atoms with Gasteiger partial charge in [0.1, 0.15) is 17.1 Å². The fourth-order valence-electron chi connectivity index (χ4n) is 2.89. The molecule has 1 amide bonds. The van der Waals surface area contributed by atoms with Crippen molar-refractivity contribution in [3.05, 3.63) is 62.3 Å². The van der Waals surface area contributed by atoms with Crippen LogP contribution in [0.25, 0.3) is 0 Å². The zero-order valence-corrected chi connectivity index (χ0v) is 19.2. The summed E-state index contributed by atoms with van der Waals surface area (Å²) in [6.45, 7) is 4.33. The van der Waals surface area contributed by atoms with Gasteiger partial charge >= 0.3 is 0 Å². The normalized spacial score (nSPS) is 10.2. The number of aromatic nitrogens is 4. The van der Waals surface area contributed by atoms with Gasteiger partial charge in [-0.2, -0.15) is 5.10 Å².